The van der Waals surface area contributed by atoms with Crippen LogP contribution in [0.2, 0.25) is 0 Å². The van der Waals surface area contributed by atoms with E-state index in [1.54, 1.807) is 24.3 Å². The molecule has 30 heavy (non-hydrogen) atoms. The van der Waals surface area contributed by atoms with Gasteiger partial charge in [0.1, 0.15) is 11.5 Å². The molecule has 0 aromatic heterocycles. The number of esters is 1. The highest BCUT2D eigenvalue weighted by molar-refractivity contribution is 5.91. The second-order valence-corrected chi connectivity index (χ2v) is 7.32. The summed E-state index contributed by atoms with van der Waals surface area (Å²) in [4.78, 5) is 12.3. The van der Waals surface area contributed by atoms with E-state index in [-0.39, 0.29) is 11.3 Å². The number of hydrogen-bond donors (Lipinski definition) is 0. The van der Waals surface area contributed by atoms with Crippen LogP contribution in [0, 0.1) is 5.82 Å². The van der Waals surface area contributed by atoms with Crippen LogP contribution in [0.4, 0.5) is 4.39 Å². The van der Waals surface area contributed by atoms with Crippen LogP contribution in [0.5, 0.6) is 17.2 Å². The van der Waals surface area contributed by atoms with Crippen LogP contribution in [0.25, 0.3) is 0 Å². The molecule has 0 radical (unpaired) electrons. The lowest BCUT2D eigenvalue weighted by molar-refractivity contribution is 0.0734. The molecule has 2 aromatic carbocycles. The number of carbonyl (C=O) groups excluding carboxylic acids is 1. The molecule has 0 N–H and O–H groups in total. The largest absolute Gasteiger partial charge is 0.494 e. The monoisotopic (exact) mass is 416 g/mol. The molecule has 0 atom stereocenters. The first-order chi connectivity index (χ1) is 14.6. The first kappa shape index (κ1) is 23.7. The lowest BCUT2D eigenvalue weighted by Gasteiger charge is -2.09. The Bertz CT molecular complexity index is 758. The molecule has 4 nitrogen and oxygen atoms in total. The Kier molecular flexibility index (Phi) is 10.8. The molecule has 0 unspecified atom stereocenters. The summed E-state index contributed by atoms with van der Waals surface area (Å²) >= 11 is 0. The number of carbonyl (C=O) groups is 1. The van der Waals surface area contributed by atoms with E-state index < -0.39 is 11.8 Å². The van der Waals surface area contributed by atoms with E-state index in [4.69, 9.17) is 14.2 Å². The number of ether oxygens (including phenoxy) is 3. The maximum atomic E-state index is 14.3. The smallest absolute Gasteiger partial charge is 0.343 e. The van der Waals surface area contributed by atoms with Gasteiger partial charge in [-0.1, -0.05) is 52.4 Å². The lowest BCUT2D eigenvalue weighted by atomic mass is 10.1. The number of hydrogen-bond acceptors (Lipinski definition) is 4. The average molecular weight is 417 g/mol. The van der Waals surface area contributed by atoms with Gasteiger partial charge < -0.3 is 14.2 Å². The summed E-state index contributed by atoms with van der Waals surface area (Å²) in [5.41, 5.74) is 0.141. The summed E-state index contributed by atoms with van der Waals surface area (Å²) in [6.07, 6.45) is 8.90. The zero-order valence-corrected chi connectivity index (χ0v) is 18.1. The fourth-order valence-electron chi connectivity index (χ4n) is 2.91. The highest BCUT2D eigenvalue weighted by atomic mass is 19.1. The van der Waals surface area contributed by atoms with Gasteiger partial charge in [-0.25, -0.2) is 9.18 Å². The molecule has 2 aromatic rings. The molecule has 0 aliphatic carbocycles. The summed E-state index contributed by atoms with van der Waals surface area (Å²) in [5, 5.41) is 0. The standard InChI is InChI=1S/C25H33FO4/c1-3-5-7-8-9-10-18-29-24-16-11-20(19-23(24)26)25(27)30-22-14-12-21(13-15-22)28-17-6-4-2/h11-16,19H,3-10,17-18H2,1-2H3. The predicted octanol–water partition coefficient (Wildman–Crippen LogP) is 6.96. The summed E-state index contributed by atoms with van der Waals surface area (Å²) in [6.45, 7) is 5.41. The molecular formula is C25H33FO4. The van der Waals surface area contributed by atoms with E-state index in [0.717, 1.165) is 37.5 Å². The summed E-state index contributed by atoms with van der Waals surface area (Å²) < 4.78 is 30.7. The quantitative estimate of drug-likeness (QED) is 0.190. The minimum atomic E-state index is -0.615. The van der Waals surface area contributed by atoms with Crippen molar-refractivity contribution in [1.82, 2.24) is 0 Å². The SMILES string of the molecule is CCCCCCCCOc1ccc(C(=O)Oc2ccc(OCCCC)cc2)cc1F. The molecule has 0 amide bonds. The number of rotatable bonds is 14. The van der Waals surface area contributed by atoms with Crippen molar-refractivity contribution in [3.63, 3.8) is 0 Å². The molecule has 0 saturated heterocycles. The van der Waals surface area contributed by atoms with Gasteiger partial charge in [0.2, 0.25) is 0 Å². The zero-order valence-electron chi connectivity index (χ0n) is 18.1. The Balaban J connectivity index is 1.80. The predicted molar refractivity (Wildman–Crippen MR) is 117 cm³/mol. The fourth-order valence-corrected chi connectivity index (χ4v) is 2.91. The molecule has 0 saturated carbocycles. The van der Waals surface area contributed by atoms with Gasteiger partial charge in [-0.3, -0.25) is 0 Å². The average Bonchev–Trinajstić information content (AvgIpc) is 2.75. The molecule has 164 valence electrons. The third-order valence-electron chi connectivity index (χ3n) is 4.72. The third-order valence-corrected chi connectivity index (χ3v) is 4.72. The molecule has 0 aliphatic rings. The zero-order chi connectivity index (χ0) is 21.6. The van der Waals surface area contributed by atoms with Crippen molar-refractivity contribution >= 4 is 5.97 Å². The Morgan fingerprint density at radius 3 is 2.10 bits per heavy atom. The first-order valence-electron chi connectivity index (χ1n) is 11.0. The summed E-state index contributed by atoms with van der Waals surface area (Å²) in [6, 6.07) is 11.0. The molecule has 5 heteroatoms. The van der Waals surface area contributed by atoms with Crippen LogP contribution in [-0.2, 0) is 0 Å². The van der Waals surface area contributed by atoms with E-state index in [1.807, 2.05) is 0 Å². The second-order valence-electron chi connectivity index (χ2n) is 7.32. The first-order valence-corrected chi connectivity index (χ1v) is 11.0. The highest BCUT2D eigenvalue weighted by Crippen LogP contribution is 2.22. The molecule has 0 bridgehead atoms. The van der Waals surface area contributed by atoms with Crippen molar-refractivity contribution in [1.29, 1.82) is 0 Å². The number of halogens is 1. The van der Waals surface area contributed by atoms with E-state index in [2.05, 4.69) is 13.8 Å². The van der Waals surface area contributed by atoms with Crippen LogP contribution in [0.1, 0.15) is 75.6 Å². The van der Waals surface area contributed by atoms with Crippen LogP contribution in [0.3, 0.4) is 0 Å². The topological polar surface area (TPSA) is 44.8 Å². The molecular weight excluding hydrogens is 383 g/mol. The van der Waals surface area contributed by atoms with Gasteiger partial charge in [-0.05, 0) is 55.3 Å². The van der Waals surface area contributed by atoms with Gasteiger partial charge in [-0.15, -0.1) is 0 Å². The minimum Gasteiger partial charge on any atom is -0.494 e. The van der Waals surface area contributed by atoms with Gasteiger partial charge >= 0.3 is 5.97 Å². The van der Waals surface area contributed by atoms with Crippen LogP contribution in [0.15, 0.2) is 42.5 Å². The number of unbranched alkanes of at least 4 members (excludes halogenated alkanes) is 6. The van der Waals surface area contributed by atoms with E-state index in [9.17, 15) is 9.18 Å². The van der Waals surface area contributed by atoms with Crippen LogP contribution >= 0.6 is 0 Å². The van der Waals surface area contributed by atoms with Gasteiger partial charge in [0.15, 0.2) is 11.6 Å². The van der Waals surface area contributed by atoms with Crippen molar-refractivity contribution in [2.45, 2.75) is 65.2 Å². The Hall–Kier alpha value is -2.56. The highest BCUT2D eigenvalue weighted by Gasteiger charge is 2.13. The fraction of sp³-hybridized carbons (Fsp3) is 0.480. The van der Waals surface area contributed by atoms with Crippen molar-refractivity contribution in [3.05, 3.63) is 53.8 Å². The maximum absolute atomic E-state index is 14.3. The van der Waals surface area contributed by atoms with Crippen LogP contribution < -0.4 is 14.2 Å². The molecule has 0 spiro atoms. The Labute approximate surface area is 179 Å². The van der Waals surface area contributed by atoms with Crippen molar-refractivity contribution < 1.29 is 23.4 Å². The summed E-state index contributed by atoms with van der Waals surface area (Å²) in [5.74, 6) is 0.0904. The Morgan fingerprint density at radius 2 is 1.40 bits per heavy atom. The normalized spacial score (nSPS) is 10.6. The lowest BCUT2D eigenvalue weighted by Crippen LogP contribution is -2.09. The third kappa shape index (κ3) is 8.44. The van der Waals surface area contributed by atoms with E-state index in [1.165, 1.54) is 37.8 Å². The van der Waals surface area contributed by atoms with Gasteiger partial charge in [0, 0.05) is 0 Å². The van der Waals surface area contributed by atoms with Crippen molar-refractivity contribution in [2.24, 2.45) is 0 Å². The van der Waals surface area contributed by atoms with Gasteiger partial charge in [0.05, 0.1) is 18.8 Å². The summed E-state index contributed by atoms with van der Waals surface area (Å²) in [7, 11) is 0. The Morgan fingerprint density at radius 1 is 0.767 bits per heavy atom. The molecule has 2 rings (SSSR count). The molecule has 0 fully saturated rings. The van der Waals surface area contributed by atoms with Gasteiger partial charge in [0.25, 0.3) is 0 Å². The van der Waals surface area contributed by atoms with Crippen molar-refractivity contribution in [3.8, 4) is 17.2 Å². The van der Waals surface area contributed by atoms with E-state index >= 15 is 0 Å². The molecule has 0 heterocycles. The van der Waals surface area contributed by atoms with E-state index in [0.29, 0.717) is 19.0 Å². The minimum absolute atomic E-state index is 0.141. The maximum Gasteiger partial charge on any atom is 0.343 e. The van der Waals surface area contributed by atoms with Crippen molar-refractivity contribution in [2.75, 3.05) is 13.2 Å². The second kappa shape index (κ2) is 13.6. The van der Waals surface area contributed by atoms with Crippen LogP contribution in [-0.4, -0.2) is 19.2 Å². The van der Waals surface area contributed by atoms with Gasteiger partial charge in [-0.2, -0.15) is 0 Å². The number of benzene rings is 2. The molecule has 0 aliphatic heterocycles.